The zero-order valence-corrected chi connectivity index (χ0v) is 23.8. The number of pyridine rings is 1. The first-order chi connectivity index (χ1) is 20.1. The topological polar surface area (TPSA) is 113 Å². The van der Waals surface area contributed by atoms with Crippen molar-refractivity contribution in [2.24, 2.45) is 0 Å². The summed E-state index contributed by atoms with van der Waals surface area (Å²) < 4.78 is 76.5. The summed E-state index contributed by atoms with van der Waals surface area (Å²) in [4.78, 5) is 8.66. The van der Waals surface area contributed by atoms with Crippen molar-refractivity contribution in [2.45, 2.75) is 18.5 Å². The van der Waals surface area contributed by atoms with Gasteiger partial charge in [0.05, 0.1) is 29.6 Å². The van der Waals surface area contributed by atoms with Gasteiger partial charge in [0.25, 0.3) is 10.0 Å². The van der Waals surface area contributed by atoms with Crippen LogP contribution in [0.25, 0.3) is 21.7 Å². The molecule has 0 aliphatic heterocycles. The third kappa shape index (κ3) is 5.87. The van der Waals surface area contributed by atoms with Crippen LogP contribution in [0.5, 0.6) is 11.5 Å². The van der Waals surface area contributed by atoms with Gasteiger partial charge in [-0.05, 0) is 48.9 Å². The Morgan fingerprint density at radius 3 is 2.48 bits per heavy atom. The van der Waals surface area contributed by atoms with E-state index in [1.165, 1.54) is 37.6 Å². The van der Waals surface area contributed by atoms with E-state index in [1.54, 1.807) is 37.3 Å². The lowest BCUT2D eigenvalue weighted by Crippen LogP contribution is -2.16. The van der Waals surface area contributed by atoms with Crippen molar-refractivity contribution in [1.82, 2.24) is 9.97 Å². The number of hydrogen-bond donors (Lipinski definition) is 3. The number of ether oxygens (including phenoxy) is 1. The highest BCUT2D eigenvalue weighted by Crippen LogP contribution is 2.41. The molecule has 216 valence electrons. The number of aromatic nitrogens is 2. The number of phenols is 1. The molecule has 0 radical (unpaired) electrons. The molecule has 0 spiro atoms. The molecule has 0 aliphatic carbocycles. The van der Waals surface area contributed by atoms with Crippen LogP contribution in [0.2, 0.25) is 0 Å². The number of sulfonamides is 1. The molecule has 5 rings (SSSR count). The maximum absolute atomic E-state index is 14.7. The van der Waals surface area contributed by atoms with Crippen LogP contribution < -0.4 is 14.8 Å². The number of halogens is 3. The summed E-state index contributed by atoms with van der Waals surface area (Å²) in [5.74, 6) is -2.48. The van der Waals surface area contributed by atoms with Gasteiger partial charge in [0.2, 0.25) is 0 Å². The molecule has 3 N–H and O–H groups in total. The van der Waals surface area contributed by atoms with Gasteiger partial charge < -0.3 is 15.2 Å². The minimum atomic E-state index is -4.26. The summed E-state index contributed by atoms with van der Waals surface area (Å²) >= 11 is 0.841. The van der Waals surface area contributed by atoms with E-state index in [0.29, 0.717) is 22.6 Å². The second-order valence-electron chi connectivity index (χ2n) is 9.08. The number of thiazole rings is 1. The van der Waals surface area contributed by atoms with Gasteiger partial charge in [0, 0.05) is 23.2 Å². The fourth-order valence-corrected chi connectivity index (χ4v) is 6.61. The van der Waals surface area contributed by atoms with Gasteiger partial charge in [0.15, 0.2) is 33.3 Å². The lowest BCUT2D eigenvalue weighted by molar-refractivity contribution is 0.371. The number of para-hydroxylation sites is 1. The third-order valence-corrected chi connectivity index (χ3v) is 8.76. The van der Waals surface area contributed by atoms with Crippen LogP contribution in [0.3, 0.4) is 0 Å². The molecule has 0 atom stereocenters. The normalized spacial score (nSPS) is 11.4. The van der Waals surface area contributed by atoms with Gasteiger partial charge in [-0.15, -0.1) is 0 Å². The van der Waals surface area contributed by atoms with Crippen LogP contribution in [0.4, 0.5) is 24.0 Å². The van der Waals surface area contributed by atoms with Crippen molar-refractivity contribution in [2.75, 3.05) is 17.1 Å². The van der Waals surface area contributed by atoms with E-state index < -0.39 is 27.5 Å². The second-order valence-corrected chi connectivity index (χ2v) is 11.7. The van der Waals surface area contributed by atoms with Crippen molar-refractivity contribution in [3.8, 4) is 33.2 Å². The quantitative estimate of drug-likeness (QED) is 0.169. The van der Waals surface area contributed by atoms with Crippen LogP contribution in [-0.4, -0.2) is 30.6 Å². The first kappa shape index (κ1) is 28.9. The molecule has 2 aromatic heterocycles. The molecule has 3 aromatic carbocycles. The Morgan fingerprint density at radius 2 is 1.76 bits per heavy atom. The summed E-state index contributed by atoms with van der Waals surface area (Å²) in [5.41, 5.74) is 1.72. The summed E-state index contributed by atoms with van der Waals surface area (Å²) in [7, 11) is -2.81. The van der Waals surface area contributed by atoms with Crippen LogP contribution in [-0.2, 0) is 16.6 Å². The fraction of sp³-hybridized carbons (Fsp3) is 0.103. The molecule has 2 heterocycles. The lowest BCUT2D eigenvalue weighted by Gasteiger charge is -2.12. The Kier molecular flexibility index (Phi) is 8.05. The highest BCUT2D eigenvalue weighted by Gasteiger charge is 2.24. The highest BCUT2D eigenvalue weighted by atomic mass is 32.2. The average molecular weight is 613 g/mol. The molecule has 0 unspecified atom stereocenters. The third-order valence-electron chi connectivity index (χ3n) is 6.23. The number of methoxy groups -OCH3 is 1. The number of benzene rings is 3. The molecule has 5 aromatic rings. The predicted octanol–water partition coefficient (Wildman–Crippen LogP) is 6.72. The standard InChI is InChI=1S/C29H23F3N4O4S2/c1-16-12-19(33-14-18-6-5-9-24(40-2)26(18)37)15-34-28(16)42(38,39)36-29-35-25(17-10-11-22(31)23(32)13-17)27(41-29)20-7-3-4-8-21(20)30/h3-13,15,33,37H,14H2,1-2H3,(H,35,36). The number of aromatic hydroxyl groups is 1. The van der Waals surface area contributed by atoms with Gasteiger partial charge >= 0.3 is 0 Å². The fourth-order valence-electron chi connectivity index (χ4n) is 4.21. The van der Waals surface area contributed by atoms with Crippen molar-refractivity contribution in [3.63, 3.8) is 0 Å². The second kappa shape index (κ2) is 11.7. The van der Waals surface area contributed by atoms with Crippen LogP contribution in [0.1, 0.15) is 11.1 Å². The zero-order chi connectivity index (χ0) is 30.0. The van der Waals surface area contributed by atoms with Gasteiger partial charge in [0.1, 0.15) is 5.82 Å². The van der Waals surface area contributed by atoms with Crippen LogP contribution >= 0.6 is 11.3 Å². The minimum Gasteiger partial charge on any atom is -0.504 e. The van der Waals surface area contributed by atoms with E-state index in [9.17, 15) is 26.7 Å². The maximum atomic E-state index is 14.7. The van der Waals surface area contributed by atoms with Crippen LogP contribution in [0.15, 0.2) is 78.0 Å². The Bertz CT molecular complexity index is 1900. The predicted molar refractivity (Wildman–Crippen MR) is 155 cm³/mol. The Balaban J connectivity index is 1.43. The Morgan fingerprint density at radius 1 is 0.976 bits per heavy atom. The van der Waals surface area contributed by atoms with E-state index >= 15 is 0 Å². The number of phenolic OH excluding ortho intramolecular Hbond substituents is 1. The number of rotatable bonds is 9. The van der Waals surface area contributed by atoms with Gasteiger partial charge in [-0.3, -0.25) is 4.72 Å². The molecular weight excluding hydrogens is 589 g/mol. The Hall–Kier alpha value is -4.62. The largest absolute Gasteiger partial charge is 0.504 e. The summed E-state index contributed by atoms with van der Waals surface area (Å²) in [5, 5.41) is 13.0. The SMILES string of the molecule is COc1cccc(CNc2cnc(S(=O)(=O)Nc3nc(-c4ccc(F)c(F)c4)c(-c4ccccc4F)s3)c(C)c2)c1O. The van der Waals surface area contributed by atoms with Crippen molar-refractivity contribution in [1.29, 1.82) is 0 Å². The van der Waals surface area contributed by atoms with E-state index in [0.717, 1.165) is 23.5 Å². The molecule has 0 bridgehead atoms. The number of anilines is 2. The number of hydrogen-bond acceptors (Lipinski definition) is 8. The Labute approximate surface area is 243 Å². The van der Waals surface area contributed by atoms with Crippen molar-refractivity contribution in [3.05, 3.63) is 102 Å². The molecule has 13 heteroatoms. The van der Waals surface area contributed by atoms with Gasteiger partial charge in [-0.2, -0.15) is 8.42 Å². The van der Waals surface area contributed by atoms with E-state index in [4.69, 9.17) is 4.74 Å². The lowest BCUT2D eigenvalue weighted by atomic mass is 10.1. The molecular formula is C29H23F3N4O4S2. The molecule has 0 fully saturated rings. The first-order valence-electron chi connectivity index (χ1n) is 12.4. The molecule has 42 heavy (non-hydrogen) atoms. The molecule has 0 saturated heterocycles. The number of nitrogens with one attached hydrogen (secondary N) is 2. The number of nitrogens with zero attached hydrogens (tertiary/aromatic N) is 2. The van der Waals surface area contributed by atoms with E-state index in [2.05, 4.69) is 20.0 Å². The zero-order valence-electron chi connectivity index (χ0n) is 22.2. The monoisotopic (exact) mass is 612 g/mol. The summed E-state index contributed by atoms with van der Waals surface area (Å²) in [6.07, 6.45) is 1.33. The summed E-state index contributed by atoms with van der Waals surface area (Å²) in [6, 6.07) is 15.5. The molecule has 8 nitrogen and oxygen atoms in total. The highest BCUT2D eigenvalue weighted by molar-refractivity contribution is 7.92. The molecule has 0 aliphatic rings. The van der Waals surface area contributed by atoms with Gasteiger partial charge in [-0.1, -0.05) is 41.7 Å². The maximum Gasteiger partial charge on any atom is 0.281 e. The van der Waals surface area contributed by atoms with Crippen LogP contribution in [0, 0.1) is 24.4 Å². The van der Waals surface area contributed by atoms with Gasteiger partial charge in [-0.25, -0.2) is 23.1 Å². The first-order valence-corrected chi connectivity index (χ1v) is 14.7. The van der Waals surface area contributed by atoms with E-state index in [-0.39, 0.29) is 44.1 Å². The number of aryl methyl sites for hydroxylation is 1. The average Bonchev–Trinajstić information content (AvgIpc) is 3.36. The smallest absolute Gasteiger partial charge is 0.281 e. The molecule has 0 saturated carbocycles. The van der Waals surface area contributed by atoms with Crippen molar-refractivity contribution >= 4 is 32.2 Å². The molecule has 0 amide bonds. The summed E-state index contributed by atoms with van der Waals surface area (Å²) in [6.45, 7) is 1.79. The van der Waals surface area contributed by atoms with E-state index in [1.807, 2.05) is 0 Å². The van der Waals surface area contributed by atoms with Crippen molar-refractivity contribution < 1.29 is 31.4 Å². The minimum absolute atomic E-state index is 0.0125.